The van der Waals surface area contributed by atoms with Crippen LogP contribution in [0.25, 0.3) is 22.2 Å². The molecule has 0 radical (unpaired) electrons. The lowest BCUT2D eigenvalue weighted by molar-refractivity contribution is 0.441. The molecule has 0 saturated heterocycles. The molecule has 0 bridgehead atoms. The Morgan fingerprint density at radius 3 is 2.67 bits per heavy atom. The van der Waals surface area contributed by atoms with Crippen LogP contribution < -0.4 is 0 Å². The highest BCUT2D eigenvalue weighted by Crippen LogP contribution is 2.32. The molecule has 0 amide bonds. The third-order valence-corrected chi connectivity index (χ3v) is 4.56. The van der Waals surface area contributed by atoms with Gasteiger partial charge in [-0.25, -0.2) is 13.4 Å². The van der Waals surface area contributed by atoms with Crippen LogP contribution in [-0.4, -0.2) is 29.9 Å². The number of thiazole rings is 1. The minimum atomic E-state index is -3.53. The summed E-state index contributed by atoms with van der Waals surface area (Å²) >= 11 is 7.47. The second-order valence-electron chi connectivity index (χ2n) is 4.16. The van der Waals surface area contributed by atoms with Gasteiger partial charge in [0.2, 0.25) is 9.84 Å². The van der Waals surface area contributed by atoms with E-state index in [0.29, 0.717) is 15.7 Å². The number of rotatable bonds is 3. The van der Waals surface area contributed by atoms with E-state index < -0.39 is 15.1 Å². The van der Waals surface area contributed by atoms with Gasteiger partial charge in [0.05, 0.1) is 5.02 Å². The molecule has 6 nitrogen and oxygen atoms in total. The molecule has 1 aromatic carbocycles. The first kappa shape index (κ1) is 14.2. The zero-order valence-electron chi connectivity index (χ0n) is 10.6. The Morgan fingerprint density at radius 2 is 2.00 bits per heavy atom. The Morgan fingerprint density at radius 1 is 1.24 bits per heavy atom. The van der Waals surface area contributed by atoms with Gasteiger partial charge in [-0.15, -0.1) is 16.4 Å². The summed E-state index contributed by atoms with van der Waals surface area (Å²) in [6, 6.07) is 7.31. The molecule has 2 heterocycles. The molecular formula is C12H8ClN3O3S2. The molecule has 2 aromatic heterocycles. The standard InChI is InChI=1S/C12H8ClN3O3S2/c1-21(17,18)12-16-15-10(19-12)9-6-20-11(14-9)7-4-2-3-5-8(7)13/h2-6H,1H3. The van der Waals surface area contributed by atoms with Gasteiger partial charge in [0.1, 0.15) is 10.7 Å². The number of hydrogen-bond acceptors (Lipinski definition) is 7. The topological polar surface area (TPSA) is 86.0 Å². The van der Waals surface area contributed by atoms with Crippen molar-refractivity contribution < 1.29 is 12.8 Å². The van der Waals surface area contributed by atoms with Crippen LogP contribution >= 0.6 is 22.9 Å². The summed E-state index contributed by atoms with van der Waals surface area (Å²) in [6.45, 7) is 0. The van der Waals surface area contributed by atoms with E-state index in [1.807, 2.05) is 18.2 Å². The lowest BCUT2D eigenvalue weighted by Crippen LogP contribution is -1.96. The Labute approximate surface area is 129 Å². The van der Waals surface area contributed by atoms with Crippen molar-refractivity contribution in [2.45, 2.75) is 5.22 Å². The molecule has 3 rings (SSSR count). The summed E-state index contributed by atoms with van der Waals surface area (Å²) in [4.78, 5) is 4.35. The van der Waals surface area contributed by atoms with Gasteiger partial charge >= 0.3 is 5.22 Å². The van der Waals surface area contributed by atoms with Gasteiger partial charge in [-0.05, 0) is 6.07 Å². The quantitative estimate of drug-likeness (QED) is 0.728. The van der Waals surface area contributed by atoms with E-state index in [0.717, 1.165) is 11.8 Å². The lowest BCUT2D eigenvalue weighted by atomic mass is 10.2. The first-order chi connectivity index (χ1) is 9.95. The Balaban J connectivity index is 1.99. The molecule has 108 valence electrons. The van der Waals surface area contributed by atoms with Crippen molar-refractivity contribution in [2.24, 2.45) is 0 Å². The molecule has 3 aromatic rings. The van der Waals surface area contributed by atoms with E-state index in [1.54, 1.807) is 11.4 Å². The van der Waals surface area contributed by atoms with Gasteiger partial charge in [0.15, 0.2) is 0 Å². The summed E-state index contributed by atoms with van der Waals surface area (Å²) in [6.07, 6.45) is 1.00. The molecule has 0 unspecified atom stereocenters. The molecule has 0 atom stereocenters. The van der Waals surface area contributed by atoms with Crippen molar-refractivity contribution in [1.29, 1.82) is 0 Å². The van der Waals surface area contributed by atoms with Crippen molar-refractivity contribution in [1.82, 2.24) is 15.2 Å². The Hall–Kier alpha value is -1.77. The van der Waals surface area contributed by atoms with Crippen LogP contribution in [0.5, 0.6) is 0 Å². The summed E-state index contributed by atoms with van der Waals surface area (Å²) in [5, 5.41) is 9.75. The highest BCUT2D eigenvalue weighted by molar-refractivity contribution is 7.90. The maximum Gasteiger partial charge on any atom is 0.335 e. The van der Waals surface area contributed by atoms with E-state index in [4.69, 9.17) is 16.0 Å². The van der Waals surface area contributed by atoms with Crippen molar-refractivity contribution >= 4 is 32.8 Å². The predicted octanol–water partition coefficient (Wildman–Crippen LogP) is 2.92. The van der Waals surface area contributed by atoms with Gasteiger partial charge in [-0.3, -0.25) is 0 Å². The van der Waals surface area contributed by atoms with Crippen molar-refractivity contribution in [3.63, 3.8) is 0 Å². The van der Waals surface area contributed by atoms with E-state index in [9.17, 15) is 8.42 Å². The van der Waals surface area contributed by atoms with E-state index >= 15 is 0 Å². The first-order valence-electron chi connectivity index (χ1n) is 5.69. The predicted molar refractivity (Wildman–Crippen MR) is 79.0 cm³/mol. The van der Waals surface area contributed by atoms with Crippen molar-refractivity contribution in [2.75, 3.05) is 6.26 Å². The third kappa shape index (κ3) is 2.82. The second kappa shape index (κ2) is 5.21. The van der Waals surface area contributed by atoms with Crippen LogP contribution in [0.15, 0.2) is 39.3 Å². The summed E-state index contributed by atoms with van der Waals surface area (Å²) < 4.78 is 27.7. The highest BCUT2D eigenvalue weighted by atomic mass is 35.5. The van der Waals surface area contributed by atoms with E-state index in [-0.39, 0.29) is 5.89 Å². The molecule has 9 heteroatoms. The number of sulfone groups is 1. The lowest BCUT2D eigenvalue weighted by Gasteiger charge is -1.97. The molecule has 0 fully saturated rings. The smallest absolute Gasteiger partial charge is 0.335 e. The fourth-order valence-electron chi connectivity index (χ4n) is 1.59. The normalized spacial score (nSPS) is 11.7. The second-order valence-corrected chi connectivity index (χ2v) is 7.32. The minimum absolute atomic E-state index is 0.0602. The zero-order chi connectivity index (χ0) is 15.0. The molecule has 0 spiro atoms. The third-order valence-electron chi connectivity index (χ3n) is 2.55. The van der Waals surface area contributed by atoms with Crippen LogP contribution in [0, 0.1) is 0 Å². The largest absolute Gasteiger partial charge is 0.406 e. The maximum atomic E-state index is 11.3. The molecular weight excluding hydrogens is 334 g/mol. The van der Waals surface area contributed by atoms with Gasteiger partial charge < -0.3 is 4.42 Å². The van der Waals surface area contributed by atoms with Crippen LogP contribution in [-0.2, 0) is 9.84 Å². The summed E-state index contributed by atoms with van der Waals surface area (Å²) in [5.74, 6) is 0.0602. The minimum Gasteiger partial charge on any atom is -0.406 e. The number of nitrogens with zero attached hydrogens (tertiary/aromatic N) is 3. The Bertz CT molecular complexity index is 902. The van der Waals surface area contributed by atoms with E-state index in [2.05, 4.69) is 15.2 Å². The summed E-state index contributed by atoms with van der Waals surface area (Å²) in [5.41, 5.74) is 1.20. The van der Waals surface area contributed by atoms with Crippen LogP contribution in [0.4, 0.5) is 0 Å². The Kier molecular flexibility index (Phi) is 3.52. The molecule has 21 heavy (non-hydrogen) atoms. The van der Waals surface area contributed by atoms with Crippen molar-refractivity contribution in [3.8, 4) is 22.2 Å². The fourth-order valence-corrected chi connectivity index (χ4v) is 3.13. The fraction of sp³-hybridized carbons (Fsp3) is 0.0833. The monoisotopic (exact) mass is 341 g/mol. The zero-order valence-corrected chi connectivity index (χ0v) is 13.0. The highest BCUT2D eigenvalue weighted by Gasteiger charge is 2.19. The molecule has 0 aliphatic carbocycles. The van der Waals surface area contributed by atoms with Gasteiger partial charge in [-0.1, -0.05) is 34.9 Å². The van der Waals surface area contributed by atoms with Gasteiger partial charge in [0, 0.05) is 17.2 Å². The molecule has 0 aliphatic heterocycles. The SMILES string of the molecule is CS(=O)(=O)c1nnc(-c2csc(-c3ccccc3Cl)n2)o1. The maximum absolute atomic E-state index is 11.3. The number of benzene rings is 1. The van der Waals surface area contributed by atoms with Gasteiger partial charge in [-0.2, -0.15) is 0 Å². The number of hydrogen-bond donors (Lipinski definition) is 0. The average molecular weight is 342 g/mol. The van der Waals surface area contributed by atoms with Crippen LogP contribution in [0.1, 0.15) is 0 Å². The first-order valence-corrected chi connectivity index (χ1v) is 8.84. The molecule has 0 saturated carbocycles. The number of aromatic nitrogens is 3. The van der Waals surface area contributed by atoms with Crippen LogP contribution in [0.2, 0.25) is 5.02 Å². The van der Waals surface area contributed by atoms with Crippen LogP contribution in [0.3, 0.4) is 0 Å². The summed E-state index contributed by atoms with van der Waals surface area (Å²) in [7, 11) is -3.53. The van der Waals surface area contributed by atoms with Crippen molar-refractivity contribution in [3.05, 3.63) is 34.7 Å². The average Bonchev–Trinajstić information content (AvgIpc) is 3.07. The van der Waals surface area contributed by atoms with Gasteiger partial charge in [0.25, 0.3) is 5.89 Å². The molecule has 0 N–H and O–H groups in total. The number of halogens is 1. The van der Waals surface area contributed by atoms with E-state index in [1.165, 1.54) is 11.3 Å². The molecule has 0 aliphatic rings.